The summed E-state index contributed by atoms with van der Waals surface area (Å²) in [5.74, 6) is 0.199. The van der Waals surface area contributed by atoms with E-state index in [0.29, 0.717) is 30.8 Å². The summed E-state index contributed by atoms with van der Waals surface area (Å²) in [5, 5.41) is 0. The number of esters is 1. The normalized spacial score (nSPS) is 9.64. The van der Waals surface area contributed by atoms with Gasteiger partial charge in [-0.2, -0.15) is 0 Å². The highest BCUT2D eigenvalue weighted by Crippen LogP contribution is 1.97. The van der Waals surface area contributed by atoms with Crippen LogP contribution >= 0.6 is 12.0 Å². The fourth-order valence-corrected chi connectivity index (χ4v) is 0.789. The fourth-order valence-electron chi connectivity index (χ4n) is 0.531. The van der Waals surface area contributed by atoms with Crippen LogP contribution < -0.4 is 0 Å². The van der Waals surface area contributed by atoms with Crippen LogP contribution in [0, 0.1) is 0 Å². The predicted octanol–water partition coefficient (Wildman–Crippen LogP) is 1.93. The first-order chi connectivity index (χ1) is 5.31. The van der Waals surface area contributed by atoms with Crippen molar-refractivity contribution in [2.75, 3.05) is 12.4 Å². The van der Waals surface area contributed by atoms with Gasteiger partial charge >= 0.3 is 5.97 Å². The van der Waals surface area contributed by atoms with Gasteiger partial charge in [0.05, 0.1) is 13.0 Å². The fraction of sp³-hybridized carbons (Fsp3) is 0.857. The predicted molar refractivity (Wildman–Crippen MR) is 45.6 cm³/mol. The lowest BCUT2D eigenvalue weighted by Gasteiger charge is -2.01. The Kier molecular flexibility index (Phi) is 7.72. The summed E-state index contributed by atoms with van der Waals surface area (Å²) in [4.78, 5) is 10.7. The van der Waals surface area contributed by atoms with Gasteiger partial charge in [-0.05, 0) is 18.5 Å². The monoisotopic (exact) mass is 178 g/mol. The van der Waals surface area contributed by atoms with Crippen LogP contribution in [0.25, 0.3) is 0 Å². The maximum absolute atomic E-state index is 10.7. The van der Waals surface area contributed by atoms with Crippen molar-refractivity contribution >= 4 is 18.0 Å². The Morgan fingerprint density at radius 1 is 1.64 bits per heavy atom. The van der Waals surface area contributed by atoms with E-state index >= 15 is 0 Å². The van der Waals surface area contributed by atoms with Crippen LogP contribution in [0.2, 0.25) is 0 Å². The minimum absolute atomic E-state index is 0.222. The largest absolute Gasteiger partial charge is 0.466 e. The molecule has 0 spiro atoms. The molecule has 0 heterocycles. The molecule has 0 unspecified atom stereocenters. The third-order valence-electron chi connectivity index (χ3n) is 1.16. The van der Waals surface area contributed by atoms with E-state index in [1.807, 2.05) is 6.92 Å². The average molecular weight is 178 g/mol. The molecule has 0 saturated heterocycles. The van der Waals surface area contributed by atoms with Crippen molar-refractivity contribution in [3.63, 3.8) is 0 Å². The van der Waals surface area contributed by atoms with Crippen LogP contribution in [-0.4, -0.2) is 22.9 Å². The molecular weight excluding hydrogens is 164 g/mol. The number of rotatable bonds is 6. The number of unbranched alkanes of at least 4 members (excludes halogenated alkanes) is 1. The lowest BCUT2D eigenvalue weighted by Crippen LogP contribution is -2.06. The summed E-state index contributed by atoms with van der Waals surface area (Å²) >= 11 is 0.668. The Morgan fingerprint density at radius 2 is 2.36 bits per heavy atom. The van der Waals surface area contributed by atoms with E-state index < -0.39 is 0 Å². The van der Waals surface area contributed by atoms with Crippen LogP contribution in [0.3, 0.4) is 0 Å². The van der Waals surface area contributed by atoms with Crippen molar-refractivity contribution in [2.24, 2.45) is 0 Å². The smallest absolute Gasteiger partial charge is 0.306 e. The molecule has 0 amide bonds. The standard InChI is InChI=1S/C7H14O3S/c1-2-3-5-10-7(8)4-6-11-9/h9H,2-6H2,1H3. The van der Waals surface area contributed by atoms with Gasteiger partial charge in [-0.3, -0.25) is 4.79 Å². The van der Waals surface area contributed by atoms with Gasteiger partial charge < -0.3 is 9.29 Å². The lowest BCUT2D eigenvalue weighted by molar-refractivity contribution is -0.143. The highest BCUT2D eigenvalue weighted by Gasteiger charge is 2.00. The first-order valence-electron chi connectivity index (χ1n) is 3.73. The summed E-state index contributed by atoms with van der Waals surface area (Å²) in [7, 11) is 0. The Bertz CT molecular complexity index is 106. The third kappa shape index (κ3) is 7.68. The number of hydrogen-bond donors (Lipinski definition) is 1. The highest BCUT2D eigenvalue weighted by atomic mass is 32.2. The van der Waals surface area contributed by atoms with Gasteiger partial charge in [0, 0.05) is 5.75 Å². The molecule has 0 rings (SSSR count). The second-order valence-corrected chi connectivity index (χ2v) is 2.82. The van der Waals surface area contributed by atoms with E-state index in [0.717, 1.165) is 12.8 Å². The molecule has 0 aliphatic rings. The topological polar surface area (TPSA) is 46.5 Å². The van der Waals surface area contributed by atoms with Crippen molar-refractivity contribution in [3.8, 4) is 0 Å². The molecule has 66 valence electrons. The van der Waals surface area contributed by atoms with Crippen LogP contribution in [0.1, 0.15) is 26.2 Å². The van der Waals surface area contributed by atoms with Gasteiger partial charge in [-0.25, -0.2) is 0 Å². The Balaban J connectivity index is 3.09. The Labute approximate surface area is 71.3 Å². The average Bonchev–Trinajstić information content (AvgIpc) is 2.01. The number of ether oxygens (including phenoxy) is 1. The van der Waals surface area contributed by atoms with Gasteiger partial charge in [0.2, 0.25) is 0 Å². The second-order valence-electron chi connectivity index (χ2n) is 2.16. The number of carbonyl (C=O) groups is 1. The molecule has 4 heteroatoms. The summed E-state index contributed by atoms with van der Waals surface area (Å²) in [6.07, 6.45) is 2.24. The van der Waals surface area contributed by atoms with Crippen LogP contribution in [0.15, 0.2) is 0 Å². The molecular formula is C7H14O3S. The van der Waals surface area contributed by atoms with Crippen molar-refractivity contribution in [1.29, 1.82) is 0 Å². The Morgan fingerprint density at radius 3 is 2.91 bits per heavy atom. The molecule has 0 aromatic rings. The molecule has 11 heavy (non-hydrogen) atoms. The SMILES string of the molecule is CCCCOC(=O)CCSO. The van der Waals surface area contributed by atoms with Gasteiger partial charge in [0.1, 0.15) is 0 Å². The van der Waals surface area contributed by atoms with E-state index in [1.54, 1.807) is 0 Å². The van der Waals surface area contributed by atoms with E-state index in [2.05, 4.69) is 0 Å². The molecule has 0 saturated carbocycles. The molecule has 0 aliphatic heterocycles. The van der Waals surface area contributed by atoms with Gasteiger partial charge in [0.15, 0.2) is 0 Å². The molecule has 0 aliphatic carbocycles. The highest BCUT2D eigenvalue weighted by molar-refractivity contribution is 7.93. The molecule has 0 bridgehead atoms. The molecule has 3 nitrogen and oxygen atoms in total. The zero-order chi connectivity index (χ0) is 8.53. The van der Waals surface area contributed by atoms with Gasteiger partial charge in [-0.1, -0.05) is 13.3 Å². The number of hydrogen-bond acceptors (Lipinski definition) is 4. The zero-order valence-electron chi connectivity index (χ0n) is 6.71. The van der Waals surface area contributed by atoms with Crippen molar-refractivity contribution in [1.82, 2.24) is 0 Å². The Hall–Kier alpha value is -0.220. The summed E-state index contributed by atoms with van der Waals surface area (Å²) in [6.45, 7) is 2.54. The van der Waals surface area contributed by atoms with Crippen molar-refractivity contribution < 1.29 is 14.1 Å². The zero-order valence-corrected chi connectivity index (χ0v) is 7.52. The first-order valence-corrected chi connectivity index (χ1v) is 4.67. The van der Waals surface area contributed by atoms with Crippen molar-refractivity contribution in [2.45, 2.75) is 26.2 Å². The second kappa shape index (κ2) is 7.88. The van der Waals surface area contributed by atoms with Crippen molar-refractivity contribution in [3.05, 3.63) is 0 Å². The van der Waals surface area contributed by atoms with Crippen LogP contribution in [-0.2, 0) is 9.53 Å². The summed E-state index contributed by atoms with van der Waals surface area (Å²) in [5.41, 5.74) is 0. The van der Waals surface area contributed by atoms with Gasteiger partial charge in [0.25, 0.3) is 0 Å². The number of carbonyl (C=O) groups excluding carboxylic acids is 1. The maximum Gasteiger partial charge on any atom is 0.306 e. The molecule has 0 fully saturated rings. The minimum atomic E-state index is -0.222. The summed E-state index contributed by atoms with van der Waals surface area (Å²) in [6, 6.07) is 0. The van der Waals surface area contributed by atoms with E-state index in [1.165, 1.54) is 0 Å². The van der Waals surface area contributed by atoms with E-state index in [9.17, 15) is 4.79 Å². The quantitative estimate of drug-likeness (QED) is 0.383. The third-order valence-corrected chi connectivity index (χ3v) is 1.55. The molecule has 0 radical (unpaired) electrons. The molecule has 1 N–H and O–H groups in total. The molecule has 0 aromatic heterocycles. The lowest BCUT2D eigenvalue weighted by atomic mass is 10.4. The first kappa shape index (κ1) is 10.8. The van der Waals surface area contributed by atoms with E-state index in [-0.39, 0.29) is 5.97 Å². The summed E-state index contributed by atoms with van der Waals surface area (Å²) < 4.78 is 13.1. The van der Waals surface area contributed by atoms with Gasteiger partial charge in [-0.15, -0.1) is 0 Å². The van der Waals surface area contributed by atoms with Crippen LogP contribution in [0.5, 0.6) is 0 Å². The molecule has 0 aromatic carbocycles. The van der Waals surface area contributed by atoms with Crippen LogP contribution in [0.4, 0.5) is 0 Å². The van der Waals surface area contributed by atoms with E-state index in [4.69, 9.17) is 9.29 Å². The molecule has 0 atom stereocenters. The maximum atomic E-state index is 10.7. The minimum Gasteiger partial charge on any atom is -0.466 e.